The third kappa shape index (κ3) is 4.23. The molecule has 0 saturated carbocycles. The molecule has 0 aliphatic carbocycles. The van der Waals surface area contributed by atoms with E-state index < -0.39 is 0 Å². The van der Waals surface area contributed by atoms with E-state index in [0.717, 1.165) is 23.5 Å². The highest BCUT2D eigenvalue weighted by Crippen LogP contribution is 2.26. The monoisotopic (exact) mass is 420 g/mol. The largest absolute Gasteiger partial charge is 0.383 e. The van der Waals surface area contributed by atoms with Crippen LogP contribution >= 0.6 is 0 Å². The Morgan fingerprint density at radius 1 is 1.23 bits per heavy atom. The fourth-order valence-corrected chi connectivity index (χ4v) is 4.09. The van der Waals surface area contributed by atoms with E-state index in [9.17, 15) is 9.59 Å². The molecule has 4 rings (SSSR count). The molecular weight excluding hydrogens is 392 g/mol. The molecule has 1 amide bonds. The summed E-state index contributed by atoms with van der Waals surface area (Å²) < 4.78 is 3.59. The fraction of sp³-hybridized carbons (Fsp3) is 0.391. The fourth-order valence-electron chi connectivity index (χ4n) is 4.09. The van der Waals surface area contributed by atoms with E-state index in [-0.39, 0.29) is 17.6 Å². The van der Waals surface area contributed by atoms with E-state index in [1.165, 1.54) is 6.20 Å². The van der Waals surface area contributed by atoms with Crippen molar-refractivity contribution in [3.05, 3.63) is 59.8 Å². The van der Waals surface area contributed by atoms with E-state index >= 15 is 0 Å². The maximum Gasteiger partial charge on any atom is 0.224 e. The lowest BCUT2D eigenvalue weighted by molar-refractivity contribution is -0.130. The number of likely N-dealkylation sites (tertiary alicyclic amines) is 1. The molecule has 2 aromatic heterocycles. The van der Waals surface area contributed by atoms with Gasteiger partial charge in [0.15, 0.2) is 5.78 Å². The second kappa shape index (κ2) is 8.75. The first-order valence-electron chi connectivity index (χ1n) is 10.7. The maximum absolute atomic E-state index is 13.1. The molecule has 1 saturated heterocycles. The van der Waals surface area contributed by atoms with Crippen LogP contribution in [0.15, 0.2) is 42.9 Å². The number of nitrogens with zero attached hydrogens (tertiary/aromatic N) is 5. The Morgan fingerprint density at radius 3 is 2.74 bits per heavy atom. The minimum absolute atomic E-state index is 0.0472. The summed E-state index contributed by atoms with van der Waals surface area (Å²) >= 11 is 0. The normalized spacial score (nSPS) is 16.1. The summed E-state index contributed by atoms with van der Waals surface area (Å²) in [6, 6.07) is 7.80. The Morgan fingerprint density at radius 2 is 2.00 bits per heavy atom. The number of rotatable bonds is 7. The molecule has 1 aliphatic rings. The summed E-state index contributed by atoms with van der Waals surface area (Å²) in [6.07, 6.45) is 7.07. The van der Waals surface area contributed by atoms with Crippen LogP contribution in [0, 0.1) is 12.8 Å². The van der Waals surface area contributed by atoms with Gasteiger partial charge in [-0.25, -0.2) is 9.67 Å². The zero-order chi connectivity index (χ0) is 22.0. The summed E-state index contributed by atoms with van der Waals surface area (Å²) in [7, 11) is 0. The van der Waals surface area contributed by atoms with Crippen LogP contribution in [0.3, 0.4) is 0 Å². The zero-order valence-corrected chi connectivity index (χ0v) is 18.0. The molecule has 1 aliphatic heterocycles. The quantitative estimate of drug-likeness (QED) is 0.593. The lowest BCUT2D eigenvalue weighted by atomic mass is 9.98. The predicted octanol–water partition coefficient (Wildman–Crippen LogP) is 2.64. The number of carbonyl (C=O) groups excluding carboxylic acids is 2. The summed E-state index contributed by atoms with van der Waals surface area (Å²) in [6.45, 7) is 5.68. The molecule has 1 atom stereocenters. The number of Topliss-reactive ketones (excluding diaryl/α,β-unsaturated/α-hetero) is 1. The number of nitrogen functional groups attached to an aromatic ring is 1. The van der Waals surface area contributed by atoms with Crippen LogP contribution in [0.5, 0.6) is 0 Å². The van der Waals surface area contributed by atoms with Gasteiger partial charge >= 0.3 is 0 Å². The highest BCUT2D eigenvalue weighted by atomic mass is 16.2. The van der Waals surface area contributed by atoms with Gasteiger partial charge < -0.3 is 15.2 Å². The van der Waals surface area contributed by atoms with E-state index in [4.69, 9.17) is 5.73 Å². The molecule has 31 heavy (non-hydrogen) atoms. The van der Waals surface area contributed by atoms with Crippen LogP contribution in [0.2, 0.25) is 0 Å². The van der Waals surface area contributed by atoms with Gasteiger partial charge in [-0.3, -0.25) is 9.59 Å². The average molecular weight is 421 g/mol. The first-order chi connectivity index (χ1) is 15.0. The number of amides is 1. The zero-order valence-electron chi connectivity index (χ0n) is 18.0. The first-order valence-corrected chi connectivity index (χ1v) is 10.7. The smallest absolute Gasteiger partial charge is 0.224 e. The van der Waals surface area contributed by atoms with Crippen molar-refractivity contribution in [1.29, 1.82) is 0 Å². The van der Waals surface area contributed by atoms with Crippen molar-refractivity contribution >= 4 is 17.5 Å². The Balaban J connectivity index is 1.38. The van der Waals surface area contributed by atoms with Gasteiger partial charge in [-0.05, 0) is 25.5 Å². The Hall–Kier alpha value is -3.42. The molecule has 8 nitrogen and oxygen atoms in total. The van der Waals surface area contributed by atoms with Crippen LogP contribution in [-0.4, -0.2) is 49.0 Å². The van der Waals surface area contributed by atoms with Crippen LogP contribution in [0.25, 0.3) is 5.69 Å². The molecule has 3 heterocycles. The number of anilines is 1. The second-order valence-corrected chi connectivity index (χ2v) is 8.02. The summed E-state index contributed by atoms with van der Waals surface area (Å²) in [5.41, 5.74) is 8.63. The Kier molecular flexibility index (Phi) is 5.88. The number of hydrogen-bond acceptors (Lipinski definition) is 5. The van der Waals surface area contributed by atoms with E-state index in [0.29, 0.717) is 43.9 Å². The third-order valence-electron chi connectivity index (χ3n) is 5.95. The summed E-state index contributed by atoms with van der Waals surface area (Å²) in [4.78, 5) is 31.8. The number of benzene rings is 1. The molecular formula is C23H28N6O2. The molecule has 0 unspecified atom stereocenters. The van der Waals surface area contributed by atoms with Crippen LogP contribution in [0.4, 0.5) is 5.82 Å². The number of nitrogens with two attached hydrogens (primary N) is 1. The number of hydrogen-bond donors (Lipinski definition) is 1. The Bertz CT molecular complexity index is 1080. The highest BCUT2D eigenvalue weighted by Gasteiger charge is 2.33. The lowest BCUT2D eigenvalue weighted by Crippen LogP contribution is -2.30. The van der Waals surface area contributed by atoms with Gasteiger partial charge in [0.2, 0.25) is 5.91 Å². The molecule has 2 N–H and O–H groups in total. The first kappa shape index (κ1) is 20.8. The summed E-state index contributed by atoms with van der Waals surface area (Å²) in [5.74, 6) is 1.08. The van der Waals surface area contributed by atoms with Gasteiger partial charge in [0.05, 0.1) is 17.4 Å². The van der Waals surface area contributed by atoms with E-state index in [1.807, 2.05) is 48.9 Å². The molecule has 3 aromatic rings. The van der Waals surface area contributed by atoms with Crippen molar-refractivity contribution in [2.24, 2.45) is 5.92 Å². The average Bonchev–Trinajstić information content (AvgIpc) is 3.52. The third-order valence-corrected chi connectivity index (χ3v) is 5.95. The molecule has 8 heteroatoms. The van der Waals surface area contributed by atoms with Gasteiger partial charge in [0.25, 0.3) is 0 Å². The number of imidazole rings is 1. The SMILES string of the molecule is CCc1nccn1CCC(=O)N1CC[C@@H](C(=O)c2cnn(-c3ccc(C)cc3)c2N)C1. The highest BCUT2D eigenvalue weighted by molar-refractivity contribution is 6.02. The number of aryl methyl sites for hydroxylation is 3. The molecule has 0 spiro atoms. The molecule has 1 aromatic carbocycles. The van der Waals surface area contributed by atoms with Gasteiger partial charge in [0, 0.05) is 50.8 Å². The number of ketones is 1. The van der Waals surface area contributed by atoms with Gasteiger partial charge in [-0.15, -0.1) is 0 Å². The van der Waals surface area contributed by atoms with Crippen molar-refractivity contribution in [2.75, 3.05) is 18.8 Å². The summed E-state index contributed by atoms with van der Waals surface area (Å²) in [5, 5.41) is 4.32. The number of aromatic nitrogens is 4. The van der Waals surface area contributed by atoms with Crippen molar-refractivity contribution < 1.29 is 9.59 Å². The van der Waals surface area contributed by atoms with Gasteiger partial charge in [-0.2, -0.15) is 5.10 Å². The van der Waals surface area contributed by atoms with E-state index in [2.05, 4.69) is 10.1 Å². The second-order valence-electron chi connectivity index (χ2n) is 8.02. The van der Waals surface area contributed by atoms with E-state index in [1.54, 1.807) is 15.8 Å². The molecule has 0 radical (unpaired) electrons. The topological polar surface area (TPSA) is 99.0 Å². The van der Waals surface area contributed by atoms with Crippen LogP contribution < -0.4 is 5.73 Å². The van der Waals surface area contributed by atoms with Crippen molar-refractivity contribution in [3.63, 3.8) is 0 Å². The van der Waals surface area contributed by atoms with Gasteiger partial charge in [-0.1, -0.05) is 24.6 Å². The van der Waals surface area contributed by atoms with Crippen molar-refractivity contribution in [1.82, 2.24) is 24.2 Å². The van der Waals surface area contributed by atoms with Crippen molar-refractivity contribution in [2.45, 2.75) is 39.7 Å². The number of carbonyl (C=O) groups is 2. The predicted molar refractivity (Wildman–Crippen MR) is 118 cm³/mol. The van der Waals surface area contributed by atoms with Crippen LogP contribution in [0.1, 0.15) is 41.5 Å². The van der Waals surface area contributed by atoms with Gasteiger partial charge in [0.1, 0.15) is 11.6 Å². The Labute approximate surface area is 181 Å². The van der Waals surface area contributed by atoms with Crippen molar-refractivity contribution in [3.8, 4) is 5.69 Å². The molecule has 1 fully saturated rings. The minimum Gasteiger partial charge on any atom is -0.383 e. The standard InChI is InChI=1S/C23H28N6O2/c1-3-20-25-10-13-27(20)12-9-21(30)28-11-8-17(15-28)22(31)19-14-26-29(23(19)24)18-6-4-16(2)5-7-18/h4-7,10,13-14,17H,3,8-9,11-12,15,24H2,1-2H3/t17-/m1/s1. The van der Waals surface area contributed by atoms with Crippen LogP contribution in [-0.2, 0) is 17.8 Å². The molecule has 162 valence electrons. The molecule has 0 bridgehead atoms. The lowest BCUT2D eigenvalue weighted by Gasteiger charge is -2.17. The minimum atomic E-state index is -0.249. The maximum atomic E-state index is 13.1.